The quantitative estimate of drug-likeness (QED) is 0.833. The molecule has 1 heterocycles. The van der Waals surface area contributed by atoms with Crippen LogP contribution in [0.2, 0.25) is 0 Å². The van der Waals surface area contributed by atoms with Gasteiger partial charge in [0, 0.05) is 17.5 Å². The number of rotatable bonds is 4. The Kier molecular flexibility index (Phi) is 5.46. The number of quaternary nitrogens is 1. The standard InChI is InChI=1S/C20H22FN3O/c1-23-12-14-24(15-13-23)19-9-7-18(8-10-19)22-20(25)11-4-16-2-5-17(21)6-3-16/h2-11H,12-15H2,1H3,(H,22,25)/p+1/b11-4+. The zero-order chi connectivity index (χ0) is 17.6. The number of anilines is 2. The molecule has 0 unspecified atom stereocenters. The van der Waals surface area contributed by atoms with Crippen molar-refractivity contribution in [3.05, 3.63) is 66.0 Å². The number of hydrogen-bond acceptors (Lipinski definition) is 2. The molecule has 2 aromatic rings. The van der Waals surface area contributed by atoms with Gasteiger partial charge in [0.15, 0.2) is 0 Å². The lowest BCUT2D eigenvalue weighted by atomic mass is 10.2. The van der Waals surface area contributed by atoms with Crippen LogP contribution in [0.5, 0.6) is 0 Å². The average molecular weight is 340 g/mol. The average Bonchev–Trinajstić information content (AvgIpc) is 2.63. The fourth-order valence-electron chi connectivity index (χ4n) is 2.83. The number of likely N-dealkylation sites (N-methyl/N-ethyl adjacent to an activating group) is 1. The summed E-state index contributed by atoms with van der Waals surface area (Å²) >= 11 is 0. The molecule has 25 heavy (non-hydrogen) atoms. The van der Waals surface area contributed by atoms with Gasteiger partial charge in [0.2, 0.25) is 5.91 Å². The Morgan fingerprint density at radius 1 is 1.08 bits per heavy atom. The van der Waals surface area contributed by atoms with Gasteiger partial charge < -0.3 is 15.1 Å². The molecule has 0 atom stereocenters. The number of halogens is 1. The maximum Gasteiger partial charge on any atom is 0.248 e. The Balaban J connectivity index is 1.55. The third-order valence-corrected chi connectivity index (χ3v) is 4.41. The van der Waals surface area contributed by atoms with Gasteiger partial charge >= 0.3 is 0 Å². The molecule has 0 aliphatic carbocycles. The van der Waals surface area contributed by atoms with Crippen molar-refractivity contribution in [2.75, 3.05) is 43.4 Å². The van der Waals surface area contributed by atoms with Crippen LogP contribution in [-0.2, 0) is 4.79 Å². The van der Waals surface area contributed by atoms with Crippen molar-refractivity contribution >= 4 is 23.4 Å². The van der Waals surface area contributed by atoms with Crippen LogP contribution in [0.15, 0.2) is 54.6 Å². The maximum absolute atomic E-state index is 12.9. The second-order valence-electron chi connectivity index (χ2n) is 6.37. The summed E-state index contributed by atoms with van der Waals surface area (Å²) < 4.78 is 12.9. The van der Waals surface area contributed by atoms with Crippen LogP contribution >= 0.6 is 0 Å². The highest BCUT2D eigenvalue weighted by Crippen LogP contribution is 2.18. The fraction of sp³-hybridized carbons (Fsp3) is 0.250. The van der Waals surface area contributed by atoms with E-state index in [9.17, 15) is 9.18 Å². The summed E-state index contributed by atoms with van der Waals surface area (Å²) in [6, 6.07) is 13.9. The van der Waals surface area contributed by atoms with Crippen LogP contribution in [0.25, 0.3) is 6.08 Å². The number of carbonyl (C=O) groups is 1. The molecule has 2 aromatic carbocycles. The number of carbonyl (C=O) groups excluding carboxylic acids is 1. The lowest BCUT2D eigenvalue weighted by Gasteiger charge is -2.31. The summed E-state index contributed by atoms with van der Waals surface area (Å²) in [4.78, 5) is 15.9. The molecule has 0 aromatic heterocycles. The smallest absolute Gasteiger partial charge is 0.248 e. The van der Waals surface area contributed by atoms with Crippen molar-refractivity contribution in [3.63, 3.8) is 0 Å². The van der Waals surface area contributed by atoms with E-state index in [1.54, 1.807) is 23.1 Å². The van der Waals surface area contributed by atoms with Crippen molar-refractivity contribution in [3.8, 4) is 0 Å². The predicted molar refractivity (Wildman–Crippen MR) is 99.3 cm³/mol. The topological polar surface area (TPSA) is 36.8 Å². The van der Waals surface area contributed by atoms with Crippen LogP contribution in [0.1, 0.15) is 5.56 Å². The zero-order valence-corrected chi connectivity index (χ0v) is 14.3. The van der Waals surface area contributed by atoms with Crippen LogP contribution in [0.3, 0.4) is 0 Å². The molecule has 4 nitrogen and oxygen atoms in total. The summed E-state index contributed by atoms with van der Waals surface area (Å²) in [7, 11) is 2.22. The van der Waals surface area contributed by atoms with Gasteiger partial charge in [-0.25, -0.2) is 4.39 Å². The third-order valence-electron chi connectivity index (χ3n) is 4.41. The van der Waals surface area contributed by atoms with Gasteiger partial charge in [-0.05, 0) is 48.0 Å². The Labute approximate surface area is 147 Å². The molecule has 130 valence electrons. The van der Waals surface area contributed by atoms with Gasteiger partial charge in [-0.1, -0.05) is 12.1 Å². The summed E-state index contributed by atoms with van der Waals surface area (Å²) in [6.45, 7) is 4.40. The SMILES string of the molecule is C[NH+]1CCN(c2ccc(NC(=O)/C=C/c3ccc(F)cc3)cc2)CC1. The minimum atomic E-state index is -0.288. The second kappa shape index (κ2) is 7.94. The van der Waals surface area contributed by atoms with E-state index in [0.29, 0.717) is 0 Å². The summed E-state index contributed by atoms with van der Waals surface area (Å²) in [5.74, 6) is -0.497. The lowest BCUT2D eigenvalue weighted by Crippen LogP contribution is -3.12. The number of piperazine rings is 1. The van der Waals surface area contributed by atoms with E-state index in [-0.39, 0.29) is 11.7 Å². The van der Waals surface area contributed by atoms with Crippen LogP contribution < -0.4 is 15.1 Å². The fourth-order valence-corrected chi connectivity index (χ4v) is 2.83. The van der Waals surface area contributed by atoms with Crippen LogP contribution in [0.4, 0.5) is 15.8 Å². The molecule has 0 saturated carbocycles. The highest BCUT2D eigenvalue weighted by Gasteiger charge is 2.16. The highest BCUT2D eigenvalue weighted by molar-refractivity contribution is 6.02. The minimum absolute atomic E-state index is 0.208. The molecule has 3 rings (SSSR count). The number of amides is 1. The van der Waals surface area contributed by atoms with E-state index in [1.807, 2.05) is 24.3 Å². The first kappa shape index (κ1) is 17.2. The van der Waals surface area contributed by atoms with Gasteiger partial charge in [0.25, 0.3) is 0 Å². The van der Waals surface area contributed by atoms with E-state index >= 15 is 0 Å². The van der Waals surface area contributed by atoms with E-state index in [4.69, 9.17) is 0 Å². The summed E-state index contributed by atoms with van der Waals surface area (Å²) in [6.07, 6.45) is 3.11. The van der Waals surface area contributed by atoms with E-state index < -0.39 is 0 Å². The normalized spacial score (nSPS) is 15.5. The van der Waals surface area contributed by atoms with Gasteiger partial charge in [-0.2, -0.15) is 0 Å². The Morgan fingerprint density at radius 3 is 2.36 bits per heavy atom. The van der Waals surface area contributed by atoms with Gasteiger partial charge in [-0.15, -0.1) is 0 Å². The Hall–Kier alpha value is -2.66. The summed E-state index contributed by atoms with van der Waals surface area (Å²) in [5.41, 5.74) is 2.73. The van der Waals surface area contributed by atoms with Crippen molar-refractivity contribution in [1.82, 2.24) is 0 Å². The number of benzene rings is 2. The molecular formula is C20H23FN3O+. The van der Waals surface area contributed by atoms with Crippen molar-refractivity contribution < 1.29 is 14.1 Å². The van der Waals surface area contributed by atoms with E-state index in [0.717, 1.165) is 37.4 Å². The summed E-state index contributed by atoms with van der Waals surface area (Å²) in [5, 5.41) is 2.84. The zero-order valence-electron chi connectivity index (χ0n) is 14.3. The molecule has 2 N–H and O–H groups in total. The number of hydrogen-bond donors (Lipinski definition) is 2. The molecular weight excluding hydrogens is 317 g/mol. The first-order valence-corrected chi connectivity index (χ1v) is 8.51. The van der Waals surface area contributed by atoms with Crippen molar-refractivity contribution in [2.24, 2.45) is 0 Å². The number of nitrogens with zero attached hydrogens (tertiary/aromatic N) is 1. The van der Waals surface area contributed by atoms with Crippen LogP contribution in [0, 0.1) is 5.82 Å². The molecule has 1 aliphatic rings. The van der Waals surface area contributed by atoms with Crippen LogP contribution in [-0.4, -0.2) is 39.1 Å². The Bertz CT molecular complexity index is 733. The third kappa shape index (κ3) is 4.90. The van der Waals surface area contributed by atoms with Gasteiger partial charge in [0.05, 0.1) is 33.2 Å². The molecule has 1 amide bonds. The molecule has 5 heteroatoms. The predicted octanol–water partition coefficient (Wildman–Crippen LogP) is 1.81. The van der Waals surface area contributed by atoms with Crippen molar-refractivity contribution in [1.29, 1.82) is 0 Å². The first-order valence-electron chi connectivity index (χ1n) is 8.51. The largest absolute Gasteiger partial charge is 0.360 e. The number of nitrogens with one attached hydrogen (secondary N) is 2. The molecule has 0 bridgehead atoms. The molecule has 1 saturated heterocycles. The second-order valence-corrected chi connectivity index (χ2v) is 6.37. The van der Waals surface area contributed by atoms with Crippen molar-refractivity contribution in [2.45, 2.75) is 0 Å². The van der Waals surface area contributed by atoms with Gasteiger partial charge in [-0.3, -0.25) is 4.79 Å². The first-order chi connectivity index (χ1) is 12.1. The maximum atomic E-state index is 12.9. The lowest BCUT2D eigenvalue weighted by molar-refractivity contribution is -0.880. The van der Waals surface area contributed by atoms with E-state index in [1.165, 1.54) is 23.9 Å². The van der Waals surface area contributed by atoms with E-state index in [2.05, 4.69) is 17.3 Å². The molecule has 1 fully saturated rings. The molecule has 0 radical (unpaired) electrons. The molecule has 1 aliphatic heterocycles. The van der Waals surface area contributed by atoms with Gasteiger partial charge in [0.1, 0.15) is 5.82 Å². The Morgan fingerprint density at radius 2 is 1.72 bits per heavy atom. The molecule has 0 spiro atoms. The minimum Gasteiger partial charge on any atom is -0.360 e. The monoisotopic (exact) mass is 340 g/mol. The highest BCUT2D eigenvalue weighted by atomic mass is 19.1.